The Balaban J connectivity index is 2.10. The fraction of sp³-hybridized carbons (Fsp3) is 0.200. The molecule has 1 heterocycles. The summed E-state index contributed by atoms with van der Waals surface area (Å²) in [7, 11) is 1.70. The van der Waals surface area contributed by atoms with Gasteiger partial charge in [0, 0.05) is 25.3 Å². The number of anilines is 2. The van der Waals surface area contributed by atoms with E-state index >= 15 is 0 Å². The molecule has 0 saturated carbocycles. The van der Waals surface area contributed by atoms with Gasteiger partial charge in [0.1, 0.15) is 5.76 Å². The molecule has 0 aliphatic heterocycles. The van der Waals surface area contributed by atoms with Crippen LogP contribution in [0.3, 0.4) is 0 Å². The summed E-state index contributed by atoms with van der Waals surface area (Å²) in [6.45, 7) is 3.23. The molecule has 1 aromatic carbocycles. The molecule has 0 atom stereocenters. The number of carbonyl (C=O) groups is 2. The van der Waals surface area contributed by atoms with Gasteiger partial charge in [-0.05, 0) is 37.3 Å². The summed E-state index contributed by atoms with van der Waals surface area (Å²) in [6, 6.07) is 8.69. The van der Waals surface area contributed by atoms with E-state index in [0.29, 0.717) is 17.0 Å². The van der Waals surface area contributed by atoms with Crippen LogP contribution in [0.5, 0.6) is 0 Å². The molecule has 0 spiro atoms. The lowest BCUT2D eigenvalue weighted by Gasteiger charge is -2.15. The van der Waals surface area contributed by atoms with Crippen LogP contribution in [0.25, 0.3) is 0 Å². The zero-order valence-corrected chi connectivity index (χ0v) is 11.6. The van der Waals surface area contributed by atoms with Gasteiger partial charge in [0.05, 0.1) is 11.8 Å². The molecule has 104 valence electrons. The number of nitrogens with one attached hydrogen (secondary N) is 1. The second-order valence-electron chi connectivity index (χ2n) is 4.47. The second-order valence-corrected chi connectivity index (χ2v) is 4.47. The van der Waals surface area contributed by atoms with Gasteiger partial charge in [-0.3, -0.25) is 9.59 Å². The number of benzene rings is 1. The smallest absolute Gasteiger partial charge is 0.259 e. The van der Waals surface area contributed by atoms with Crippen molar-refractivity contribution in [1.82, 2.24) is 0 Å². The van der Waals surface area contributed by atoms with Crippen LogP contribution in [0.15, 0.2) is 41.0 Å². The van der Waals surface area contributed by atoms with Gasteiger partial charge in [0.15, 0.2) is 0 Å². The van der Waals surface area contributed by atoms with Crippen molar-refractivity contribution in [2.45, 2.75) is 13.8 Å². The maximum atomic E-state index is 12.0. The second kappa shape index (κ2) is 5.61. The molecule has 1 N–H and O–H groups in total. The summed E-state index contributed by atoms with van der Waals surface area (Å²) in [6.07, 6.45) is 1.48. The van der Waals surface area contributed by atoms with E-state index < -0.39 is 0 Å². The molecule has 0 bridgehead atoms. The van der Waals surface area contributed by atoms with E-state index in [0.717, 1.165) is 5.69 Å². The summed E-state index contributed by atoms with van der Waals surface area (Å²) in [4.78, 5) is 24.8. The molecule has 0 aliphatic rings. The highest BCUT2D eigenvalue weighted by molar-refractivity contribution is 6.05. The monoisotopic (exact) mass is 272 g/mol. The maximum Gasteiger partial charge on any atom is 0.259 e. The van der Waals surface area contributed by atoms with Crippen LogP contribution in [-0.4, -0.2) is 18.9 Å². The number of aryl methyl sites for hydroxylation is 1. The molecule has 2 rings (SSSR count). The number of carbonyl (C=O) groups excluding carboxylic acids is 2. The van der Waals surface area contributed by atoms with Gasteiger partial charge in [-0.2, -0.15) is 0 Å². The topological polar surface area (TPSA) is 62.6 Å². The number of hydrogen-bond donors (Lipinski definition) is 1. The minimum Gasteiger partial charge on any atom is -0.469 e. The number of furan rings is 1. The minimum absolute atomic E-state index is 0.0455. The molecule has 0 radical (unpaired) electrons. The Morgan fingerprint density at radius 3 is 2.30 bits per heavy atom. The van der Waals surface area contributed by atoms with E-state index in [1.807, 2.05) is 0 Å². The summed E-state index contributed by atoms with van der Waals surface area (Å²) in [5.74, 6) is 0.315. The summed E-state index contributed by atoms with van der Waals surface area (Å²) < 4.78 is 5.10. The molecule has 1 aromatic heterocycles. The van der Waals surface area contributed by atoms with E-state index in [1.54, 1.807) is 44.3 Å². The Labute approximate surface area is 117 Å². The van der Waals surface area contributed by atoms with Crippen LogP contribution in [0.1, 0.15) is 23.0 Å². The Morgan fingerprint density at radius 2 is 1.80 bits per heavy atom. The average Bonchev–Trinajstić information content (AvgIpc) is 2.85. The number of rotatable bonds is 3. The zero-order chi connectivity index (χ0) is 14.7. The third-order valence-corrected chi connectivity index (χ3v) is 3.09. The Morgan fingerprint density at radius 1 is 1.15 bits per heavy atom. The molecule has 0 fully saturated rings. The molecular weight excluding hydrogens is 256 g/mol. The number of amides is 2. The first-order valence-corrected chi connectivity index (χ1v) is 6.19. The first-order chi connectivity index (χ1) is 9.49. The standard InChI is InChI=1S/C15H16N2O3/c1-10-14(8-9-20-10)15(19)16-12-4-6-13(7-5-12)17(3)11(2)18/h4-9H,1-3H3,(H,16,19). The fourth-order valence-corrected chi connectivity index (χ4v) is 1.77. The largest absolute Gasteiger partial charge is 0.469 e. The van der Waals surface area contributed by atoms with Crippen molar-refractivity contribution in [2.24, 2.45) is 0 Å². The van der Waals surface area contributed by atoms with Gasteiger partial charge in [0.2, 0.25) is 5.91 Å². The van der Waals surface area contributed by atoms with Crippen LogP contribution in [0.4, 0.5) is 11.4 Å². The molecule has 2 amide bonds. The molecule has 20 heavy (non-hydrogen) atoms. The SMILES string of the molecule is CC(=O)N(C)c1ccc(NC(=O)c2ccoc2C)cc1. The zero-order valence-electron chi connectivity index (χ0n) is 11.6. The number of hydrogen-bond acceptors (Lipinski definition) is 3. The average molecular weight is 272 g/mol. The summed E-state index contributed by atoms with van der Waals surface area (Å²) in [5, 5.41) is 2.78. The highest BCUT2D eigenvalue weighted by atomic mass is 16.3. The van der Waals surface area contributed by atoms with Gasteiger partial charge < -0.3 is 14.6 Å². The van der Waals surface area contributed by atoms with E-state index in [-0.39, 0.29) is 11.8 Å². The van der Waals surface area contributed by atoms with E-state index in [4.69, 9.17) is 4.42 Å². The summed E-state index contributed by atoms with van der Waals surface area (Å²) in [5.41, 5.74) is 1.95. The third kappa shape index (κ3) is 2.88. The normalized spacial score (nSPS) is 10.2. The third-order valence-electron chi connectivity index (χ3n) is 3.09. The van der Waals surface area contributed by atoms with Crippen LogP contribution in [0.2, 0.25) is 0 Å². The highest BCUT2D eigenvalue weighted by Crippen LogP contribution is 2.18. The van der Waals surface area contributed by atoms with Crippen LogP contribution in [-0.2, 0) is 4.79 Å². The first-order valence-electron chi connectivity index (χ1n) is 6.19. The molecular formula is C15H16N2O3. The Hall–Kier alpha value is -2.56. The van der Waals surface area contributed by atoms with Gasteiger partial charge in [0.25, 0.3) is 5.91 Å². The molecule has 5 heteroatoms. The van der Waals surface area contributed by atoms with Gasteiger partial charge in [-0.15, -0.1) is 0 Å². The predicted molar refractivity (Wildman–Crippen MR) is 76.9 cm³/mol. The Bertz CT molecular complexity index is 629. The molecule has 0 saturated heterocycles. The summed E-state index contributed by atoms with van der Waals surface area (Å²) >= 11 is 0. The van der Waals surface area contributed by atoms with Crippen molar-refractivity contribution in [2.75, 3.05) is 17.3 Å². The van der Waals surface area contributed by atoms with E-state index in [2.05, 4.69) is 5.32 Å². The van der Waals surface area contributed by atoms with Crippen molar-refractivity contribution in [3.05, 3.63) is 47.9 Å². The van der Waals surface area contributed by atoms with Gasteiger partial charge >= 0.3 is 0 Å². The lowest BCUT2D eigenvalue weighted by molar-refractivity contribution is -0.116. The molecule has 0 unspecified atom stereocenters. The lowest BCUT2D eigenvalue weighted by Crippen LogP contribution is -2.22. The maximum absolute atomic E-state index is 12.0. The Kier molecular flexibility index (Phi) is 3.89. The molecule has 0 aliphatic carbocycles. The van der Waals surface area contributed by atoms with Crippen molar-refractivity contribution < 1.29 is 14.0 Å². The van der Waals surface area contributed by atoms with Crippen molar-refractivity contribution in [3.8, 4) is 0 Å². The quantitative estimate of drug-likeness (QED) is 0.934. The van der Waals surface area contributed by atoms with Crippen molar-refractivity contribution in [3.63, 3.8) is 0 Å². The van der Waals surface area contributed by atoms with E-state index in [9.17, 15) is 9.59 Å². The molecule has 5 nitrogen and oxygen atoms in total. The van der Waals surface area contributed by atoms with Crippen LogP contribution >= 0.6 is 0 Å². The first kappa shape index (κ1) is 13.9. The van der Waals surface area contributed by atoms with Gasteiger partial charge in [-0.25, -0.2) is 0 Å². The molecule has 2 aromatic rings. The lowest BCUT2D eigenvalue weighted by atomic mass is 10.2. The minimum atomic E-state index is -0.219. The van der Waals surface area contributed by atoms with Crippen molar-refractivity contribution >= 4 is 23.2 Å². The van der Waals surface area contributed by atoms with Crippen molar-refractivity contribution in [1.29, 1.82) is 0 Å². The van der Waals surface area contributed by atoms with Gasteiger partial charge in [-0.1, -0.05) is 0 Å². The number of nitrogens with zero attached hydrogens (tertiary/aromatic N) is 1. The van der Waals surface area contributed by atoms with E-state index in [1.165, 1.54) is 18.1 Å². The predicted octanol–water partition coefficient (Wildman–Crippen LogP) is 2.82. The van der Waals surface area contributed by atoms with Crippen LogP contribution < -0.4 is 10.2 Å². The van der Waals surface area contributed by atoms with Crippen LogP contribution in [0, 0.1) is 6.92 Å². The highest BCUT2D eigenvalue weighted by Gasteiger charge is 2.12. The fourth-order valence-electron chi connectivity index (χ4n) is 1.77.